The van der Waals surface area contributed by atoms with Crippen LogP contribution >= 0.6 is 11.6 Å². The number of halogens is 4. The van der Waals surface area contributed by atoms with Gasteiger partial charge in [0, 0.05) is 23.8 Å². The van der Waals surface area contributed by atoms with E-state index in [1.54, 1.807) is 22.7 Å². The monoisotopic (exact) mass is 457 g/mol. The Bertz CT molecular complexity index is 1260. The van der Waals surface area contributed by atoms with Crippen molar-refractivity contribution in [2.45, 2.75) is 26.1 Å². The Hall–Kier alpha value is -3.32. The zero-order valence-electron chi connectivity index (χ0n) is 17.1. The minimum atomic E-state index is -4.36. The van der Waals surface area contributed by atoms with E-state index in [1.807, 2.05) is 31.2 Å². The SMILES string of the molecule is CCc1nc2cc(Cl)ccn2c1C(=O)NCc1ccc(-c2ccc(C(F)(F)F)cc2)cc1. The molecule has 0 aliphatic carbocycles. The van der Waals surface area contributed by atoms with Crippen LogP contribution in [-0.4, -0.2) is 15.3 Å². The zero-order chi connectivity index (χ0) is 22.9. The number of aryl methyl sites for hydroxylation is 1. The number of nitrogens with zero attached hydrogens (tertiary/aromatic N) is 2. The summed E-state index contributed by atoms with van der Waals surface area (Å²) in [6.45, 7) is 2.23. The summed E-state index contributed by atoms with van der Waals surface area (Å²) in [5.41, 5.74) is 3.43. The molecule has 0 aliphatic rings. The highest BCUT2D eigenvalue weighted by Crippen LogP contribution is 2.31. The number of imidazole rings is 1. The Morgan fingerprint density at radius 3 is 2.25 bits per heavy atom. The zero-order valence-corrected chi connectivity index (χ0v) is 17.8. The number of pyridine rings is 1. The number of hydrogen-bond donors (Lipinski definition) is 1. The smallest absolute Gasteiger partial charge is 0.347 e. The summed E-state index contributed by atoms with van der Waals surface area (Å²) in [7, 11) is 0. The predicted octanol–water partition coefficient (Wildman–Crippen LogP) is 6.17. The van der Waals surface area contributed by atoms with Crippen LogP contribution in [0, 0.1) is 0 Å². The highest BCUT2D eigenvalue weighted by molar-refractivity contribution is 6.30. The number of nitrogens with one attached hydrogen (secondary N) is 1. The number of rotatable bonds is 5. The van der Waals surface area contributed by atoms with E-state index in [4.69, 9.17) is 11.6 Å². The summed E-state index contributed by atoms with van der Waals surface area (Å²) in [5.74, 6) is -0.247. The van der Waals surface area contributed by atoms with E-state index >= 15 is 0 Å². The van der Waals surface area contributed by atoms with Gasteiger partial charge in [0.2, 0.25) is 0 Å². The lowest BCUT2D eigenvalue weighted by atomic mass is 10.0. The normalized spacial score (nSPS) is 11.7. The van der Waals surface area contributed by atoms with Crippen molar-refractivity contribution in [1.82, 2.24) is 14.7 Å². The summed E-state index contributed by atoms with van der Waals surface area (Å²) in [6, 6.07) is 15.7. The Labute approximate surface area is 187 Å². The molecular formula is C24H19ClF3N3O. The first-order valence-electron chi connectivity index (χ1n) is 9.97. The molecule has 4 nitrogen and oxygen atoms in total. The molecule has 0 fully saturated rings. The molecule has 32 heavy (non-hydrogen) atoms. The van der Waals surface area contributed by atoms with E-state index in [2.05, 4.69) is 10.3 Å². The van der Waals surface area contributed by atoms with Gasteiger partial charge in [-0.25, -0.2) is 4.98 Å². The van der Waals surface area contributed by atoms with Crippen LogP contribution in [0.3, 0.4) is 0 Å². The lowest BCUT2D eigenvalue weighted by Crippen LogP contribution is -2.25. The summed E-state index contributed by atoms with van der Waals surface area (Å²) in [6.07, 6.45) is -2.03. The largest absolute Gasteiger partial charge is 0.416 e. The van der Waals surface area contributed by atoms with Crippen LogP contribution in [0.2, 0.25) is 5.02 Å². The van der Waals surface area contributed by atoms with Crippen LogP contribution in [0.15, 0.2) is 66.9 Å². The van der Waals surface area contributed by atoms with E-state index in [-0.39, 0.29) is 5.91 Å². The Morgan fingerprint density at radius 2 is 1.66 bits per heavy atom. The molecule has 0 bridgehead atoms. The van der Waals surface area contributed by atoms with E-state index in [9.17, 15) is 18.0 Å². The predicted molar refractivity (Wildman–Crippen MR) is 118 cm³/mol. The molecule has 2 aromatic carbocycles. The average molecular weight is 458 g/mol. The number of alkyl halides is 3. The van der Waals surface area contributed by atoms with Crippen molar-refractivity contribution in [3.05, 3.63) is 94.4 Å². The van der Waals surface area contributed by atoms with Gasteiger partial charge >= 0.3 is 6.18 Å². The Kier molecular flexibility index (Phi) is 5.93. The Balaban J connectivity index is 1.47. The number of fused-ring (bicyclic) bond motifs is 1. The second-order valence-electron chi connectivity index (χ2n) is 7.29. The van der Waals surface area contributed by atoms with Crippen molar-refractivity contribution in [1.29, 1.82) is 0 Å². The van der Waals surface area contributed by atoms with Gasteiger partial charge in [0.15, 0.2) is 0 Å². The molecule has 0 spiro atoms. The van der Waals surface area contributed by atoms with Crippen molar-refractivity contribution in [2.24, 2.45) is 0 Å². The molecule has 0 atom stereocenters. The lowest BCUT2D eigenvalue weighted by Gasteiger charge is -2.09. The summed E-state index contributed by atoms with van der Waals surface area (Å²) >= 11 is 6.03. The number of carbonyl (C=O) groups excluding carboxylic acids is 1. The number of aromatic nitrogens is 2. The average Bonchev–Trinajstić information content (AvgIpc) is 3.15. The van der Waals surface area contributed by atoms with Crippen LogP contribution in [-0.2, 0) is 19.1 Å². The molecule has 0 saturated heterocycles. The maximum Gasteiger partial charge on any atom is 0.416 e. The first-order chi connectivity index (χ1) is 15.3. The number of benzene rings is 2. The van der Waals surface area contributed by atoms with E-state index in [0.717, 1.165) is 23.3 Å². The third kappa shape index (κ3) is 4.48. The van der Waals surface area contributed by atoms with Gasteiger partial charge in [0.1, 0.15) is 11.3 Å². The van der Waals surface area contributed by atoms with Gasteiger partial charge in [-0.2, -0.15) is 13.2 Å². The summed E-state index contributed by atoms with van der Waals surface area (Å²) < 4.78 is 39.9. The van der Waals surface area contributed by atoms with Crippen molar-refractivity contribution >= 4 is 23.2 Å². The molecule has 1 N–H and O–H groups in total. The molecule has 4 aromatic rings. The van der Waals surface area contributed by atoms with Gasteiger partial charge in [-0.1, -0.05) is 54.9 Å². The molecule has 2 aromatic heterocycles. The third-order valence-electron chi connectivity index (χ3n) is 5.16. The molecular weight excluding hydrogens is 439 g/mol. The van der Waals surface area contributed by atoms with Gasteiger partial charge in [-0.15, -0.1) is 0 Å². The van der Waals surface area contributed by atoms with E-state index in [1.165, 1.54) is 12.1 Å². The highest BCUT2D eigenvalue weighted by Gasteiger charge is 2.29. The third-order valence-corrected chi connectivity index (χ3v) is 5.40. The van der Waals surface area contributed by atoms with Gasteiger partial charge in [0.05, 0.1) is 11.3 Å². The fourth-order valence-electron chi connectivity index (χ4n) is 3.49. The van der Waals surface area contributed by atoms with Gasteiger partial charge in [-0.05, 0) is 41.3 Å². The maximum atomic E-state index is 12.9. The van der Waals surface area contributed by atoms with Crippen LogP contribution in [0.1, 0.15) is 34.2 Å². The van der Waals surface area contributed by atoms with Crippen LogP contribution in [0.5, 0.6) is 0 Å². The molecule has 0 unspecified atom stereocenters. The highest BCUT2D eigenvalue weighted by atomic mass is 35.5. The van der Waals surface area contributed by atoms with Crippen LogP contribution in [0.4, 0.5) is 13.2 Å². The van der Waals surface area contributed by atoms with Crippen molar-refractivity contribution < 1.29 is 18.0 Å². The second kappa shape index (κ2) is 8.67. The fraction of sp³-hybridized carbons (Fsp3) is 0.167. The second-order valence-corrected chi connectivity index (χ2v) is 7.72. The lowest BCUT2D eigenvalue weighted by molar-refractivity contribution is -0.137. The van der Waals surface area contributed by atoms with Crippen LogP contribution < -0.4 is 5.32 Å². The quantitative estimate of drug-likeness (QED) is 0.390. The number of amides is 1. The summed E-state index contributed by atoms with van der Waals surface area (Å²) in [4.78, 5) is 17.3. The molecule has 4 rings (SSSR count). The summed E-state index contributed by atoms with van der Waals surface area (Å²) in [5, 5.41) is 3.45. The van der Waals surface area contributed by atoms with Gasteiger partial charge in [0.25, 0.3) is 5.91 Å². The van der Waals surface area contributed by atoms with Gasteiger partial charge in [-0.3, -0.25) is 9.20 Å². The molecule has 0 saturated carbocycles. The number of hydrogen-bond acceptors (Lipinski definition) is 2. The van der Waals surface area contributed by atoms with Gasteiger partial charge < -0.3 is 5.32 Å². The van der Waals surface area contributed by atoms with Crippen LogP contribution in [0.25, 0.3) is 16.8 Å². The number of carbonyl (C=O) groups is 1. The minimum absolute atomic E-state index is 0.247. The molecule has 8 heteroatoms. The maximum absolute atomic E-state index is 12.9. The molecule has 164 valence electrons. The van der Waals surface area contributed by atoms with Crippen molar-refractivity contribution in [3.63, 3.8) is 0 Å². The first kappa shape index (κ1) is 21.9. The fourth-order valence-corrected chi connectivity index (χ4v) is 3.64. The molecule has 1 amide bonds. The molecule has 0 aliphatic heterocycles. The molecule has 2 heterocycles. The first-order valence-corrected chi connectivity index (χ1v) is 10.4. The molecule has 0 radical (unpaired) electrons. The van der Waals surface area contributed by atoms with Crippen molar-refractivity contribution in [3.8, 4) is 11.1 Å². The van der Waals surface area contributed by atoms with E-state index in [0.29, 0.717) is 40.6 Å². The minimum Gasteiger partial charge on any atom is -0.347 e. The Morgan fingerprint density at radius 1 is 1.03 bits per heavy atom. The standard InChI is InChI=1S/C24H19ClF3N3O/c1-2-20-22(31-12-11-19(25)13-21(31)30-20)23(32)29-14-15-3-5-16(6-4-15)17-7-9-18(10-8-17)24(26,27)28/h3-13H,2,14H2,1H3,(H,29,32). The van der Waals surface area contributed by atoms with E-state index < -0.39 is 11.7 Å². The van der Waals surface area contributed by atoms with Crippen molar-refractivity contribution in [2.75, 3.05) is 0 Å². The topological polar surface area (TPSA) is 46.4 Å².